The Balaban J connectivity index is 1.82. The molecule has 1 amide bonds. The van der Waals surface area contributed by atoms with E-state index >= 15 is 0 Å². The second-order valence-electron chi connectivity index (χ2n) is 6.32. The van der Waals surface area contributed by atoms with Gasteiger partial charge in [-0.2, -0.15) is 13.2 Å². The summed E-state index contributed by atoms with van der Waals surface area (Å²) in [4.78, 5) is 32.6. The first-order valence-corrected chi connectivity index (χ1v) is 8.98. The summed E-state index contributed by atoms with van der Waals surface area (Å²) in [6.45, 7) is 1.01. The van der Waals surface area contributed by atoms with Gasteiger partial charge in [0.15, 0.2) is 0 Å². The lowest BCUT2D eigenvalue weighted by Gasteiger charge is -2.20. The molecular weight excluding hydrogens is 381 g/mol. The molecule has 144 valence electrons. The molecule has 0 saturated carbocycles. The van der Waals surface area contributed by atoms with Gasteiger partial charge in [-0.15, -0.1) is 11.3 Å². The van der Waals surface area contributed by atoms with Gasteiger partial charge in [-0.1, -0.05) is 6.92 Å². The van der Waals surface area contributed by atoms with Crippen LogP contribution in [0.3, 0.4) is 0 Å². The van der Waals surface area contributed by atoms with Crippen molar-refractivity contribution in [3.63, 3.8) is 0 Å². The Bertz CT molecular complexity index is 1010. The fourth-order valence-corrected chi connectivity index (χ4v) is 3.59. The molecule has 27 heavy (non-hydrogen) atoms. The number of imidazole rings is 1. The maximum absolute atomic E-state index is 12.6. The van der Waals surface area contributed by atoms with Crippen LogP contribution in [-0.2, 0) is 6.54 Å². The third kappa shape index (κ3) is 4.21. The van der Waals surface area contributed by atoms with Crippen molar-refractivity contribution in [2.45, 2.75) is 25.6 Å². The molecule has 0 spiro atoms. The number of aromatic amines is 1. The molecule has 0 aliphatic heterocycles. The van der Waals surface area contributed by atoms with E-state index in [0.717, 1.165) is 5.01 Å². The number of likely N-dealkylation sites (N-methyl/N-ethyl adjacent to an activating group) is 1. The zero-order valence-corrected chi connectivity index (χ0v) is 15.4. The van der Waals surface area contributed by atoms with Gasteiger partial charge in [-0.3, -0.25) is 9.36 Å². The van der Waals surface area contributed by atoms with Gasteiger partial charge in [0, 0.05) is 36.7 Å². The highest BCUT2D eigenvalue weighted by atomic mass is 32.1. The molecule has 0 fully saturated rings. The molecule has 2 heterocycles. The van der Waals surface area contributed by atoms with E-state index in [1.54, 1.807) is 13.2 Å². The zero-order chi connectivity index (χ0) is 19.8. The van der Waals surface area contributed by atoms with Crippen molar-refractivity contribution in [1.29, 1.82) is 0 Å². The second-order valence-corrected chi connectivity index (χ2v) is 7.25. The molecule has 2 aromatic heterocycles. The monoisotopic (exact) mass is 398 g/mol. The Morgan fingerprint density at radius 1 is 1.41 bits per heavy atom. The standard InChI is InChI=1S/C17H17F3N4O2S/c1-10(14-21-5-6-27-14)8-23(2)15(25)11-3-4-13-12(7-11)22-16(26)24(13)9-17(18,19)20/h3-7,10H,8-9H2,1-2H3,(H,22,26). The lowest BCUT2D eigenvalue weighted by atomic mass is 10.1. The summed E-state index contributed by atoms with van der Waals surface area (Å²) in [5.74, 6) is -0.236. The number of carbonyl (C=O) groups excluding carboxylic acids is 1. The highest BCUT2D eigenvalue weighted by Crippen LogP contribution is 2.22. The normalized spacial score (nSPS) is 13.1. The first-order chi connectivity index (χ1) is 12.7. The maximum atomic E-state index is 12.6. The SMILES string of the molecule is CC(CN(C)C(=O)c1ccc2c(c1)[nH]c(=O)n2CC(F)(F)F)c1nccs1. The van der Waals surface area contributed by atoms with Crippen molar-refractivity contribution in [1.82, 2.24) is 19.4 Å². The van der Waals surface area contributed by atoms with Gasteiger partial charge in [0.05, 0.1) is 16.0 Å². The van der Waals surface area contributed by atoms with Crippen LogP contribution in [0.2, 0.25) is 0 Å². The molecular formula is C17H17F3N4O2S. The number of H-pyrrole nitrogens is 1. The van der Waals surface area contributed by atoms with Crippen LogP contribution in [0.1, 0.15) is 28.2 Å². The molecule has 0 saturated heterocycles. The van der Waals surface area contributed by atoms with Crippen LogP contribution >= 0.6 is 11.3 Å². The average molecular weight is 398 g/mol. The van der Waals surface area contributed by atoms with Crippen molar-refractivity contribution in [3.8, 4) is 0 Å². The van der Waals surface area contributed by atoms with Crippen LogP contribution < -0.4 is 5.69 Å². The molecule has 3 aromatic rings. The van der Waals surface area contributed by atoms with Crippen LogP contribution in [0.25, 0.3) is 11.0 Å². The minimum Gasteiger partial charge on any atom is -0.341 e. The molecule has 1 aromatic carbocycles. The molecule has 0 aliphatic carbocycles. The first-order valence-electron chi connectivity index (χ1n) is 8.10. The highest BCUT2D eigenvalue weighted by Gasteiger charge is 2.30. The van der Waals surface area contributed by atoms with Crippen LogP contribution in [0.4, 0.5) is 13.2 Å². The minimum atomic E-state index is -4.51. The number of amides is 1. The van der Waals surface area contributed by atoms with Crippen molar-refractivity contribution in [2.75, 3.05) is 13.6 Å². The van der Waals surface area contributed by atoms with E-state index in [1.807, 2.05) is 12.3 Å². The zero-order valence-electron chi connectivity index (χ0n) is 14.6. The Kier molecular flexibility index (Phi) is 5.09. The molecule has 10 heteroatoms. The number of benzene rings is 1. The Morgan fingerprint density at radius 3 is 2.78 bits per heavy atom. The van der Waals surface area contributed by atoms with E-state index in [1.165, 1.54) is 34.4 Å². The fraction of sp³-hybridized carbons (Fsp3) is 0.353. The van der Waals surface area contributed by atoms with Crippen molar-refractivity contribution >= 4 is 28.3 Å². The number of nitrogens with zero attached hydrogens (tertiary/aromatic N) is 3. The number of alkyl halides is 3. The number of thiazole rings is 1. The van der Waals surface area contributed by atoms with E-state index in [-0.39, 0.29) is 28.4 Å². The Morgan fingerprint density at radius 2 is 2.15 bits per heavy atom. The summed E-state index contributed by atoms with van der Waals surface area (Å²) in [6, 6.07) is 4.18. The number of hydrogen-bond donors (Lipinski definition) is 1. The number of hydrogen-bond acceptors (Lipinski definition) is 4. The maximum Gasteiger partial charge on any atom is 0.406 e. The lowest BCUT2D eigenvalue weighted by Crippen LogP contribution is -2.30. The molecule has 0 aliphatic rings. The number of aromatic nitrogens is 3. The second kappa shape index (κ2) is 7.18. The van der Waals surface area contributed by atoms with E-state index in [4.69, 9.17) is 0 Å². The summed E-state index contributed by atoms with van der Waals surface area (Å²) >= 11 is 1.51. The molecule has 1 unspecified atom stereocenters. The van der Waals surface area contributed by atoms with Crippen LogP contribution in [0.5, 0.6) is 0 Å². The van der Waals surface area contributed by atoms with E-state index in [0.29, 0.717) is 11.1 Å². The molecule has 1 N–H and O–H groups in total. The van der Waals surface area contributed by atoms with E-state index < -0.39 is 18.4 Å². The number of nitrogens with one attached hydrogen (secondary N) is 1. The quantitative estimate of drug-likeness (QED) is 0.717. The van der Waals surface area contributed by atoms with Gasteiger partial charge in [0.25, 0.3) is 5.91 Å². The van der Waals surface area contributed by atoms with Gasteiger partial charge in [-0.05, 0) is 18.2 Å². The van der Waals surface area contributed by atoms with E-state index in [2.05, 4.69) is 9.97 Å². The number of rotatable bonds is 5. The summed E-state index contributed by atoms with van der Waals surface area (Å²) < 4.78 is 38.5. The third-order valence-corrected chi connectivity index (χ3v) is 5.13. The predicted molar refractivity (Wildman–Crippen MR) is 96.1 cm³/mol. The van der Waals surface area contributed by atoms with Gasteiger partial charge in [0.2, 0.25) is 0 Å². The lowest BCUT2D eigenvalue weighted by molar-refractivity contribution is -0.140. The Hall–Kier alpha value is -2.62. The predicted octanol–water partition coefficient (Wildman–Crippen LogP) is 3.22. The van der Waals surface area contributed by atoms with Crippen LogP contribution in [0, 0.1) is 0 Å². The number of carbonyl (C=O) groups is 1. The smallest absolute Gasteiger partial charge is 0.341 e. The number of fused-ring (bicyclic) bond motifs is 1. The largest absolute Gasteiger partial charge is 0.406 e. The van der Waals surface area contributed by atoms with Crippen LogP contribution in [0.15, 0.2) is 34.6 Å². The topological polar surface area (TPSA) is 71.0 Å². The number of halogens is 3. The minimum absolute atomic E-state index is 0.0513. The van der Waals surface area contributed by atoms with Gasteiger partial charge in [0.1, 0.15) is 6.54 Å². The van der Waals surface area contributed by atoms with Gasteiger partial charge >= 0.3 is 11.9 Å². The van der Waals surface area contributed by atoms with Crippen molar-refractivity contribution in [3.05, 3.63) is 50.8 Å². The summed E-state index contributed by atoms with van der Waals surface area (Å²) in [6.07, 6.45) is -2.81. The average Bonchev–Trinajstić information content (AvgIpc) is 3.21. The molecule has 0 radical (unpaired) electrons. The third-order valence-electron chi connectivity index (χ3n) is 4.13. The molecule has 3 rings (SSSR count). The van der Waals surface area contributed by atoms with Crippen molar-refractivity contribution < 1.29 is 18.0 Å². The van der Waals surface area contributed by atoms with Gasteiger partial charge < -0.3 is 9.88 Å². The van der Waals surface area contributed by atoms with Gasteiger partial charge in [-0.25, -0.2) is 9.78 Å². The summed E-state index contributed by atoms with van der Waals surface area (Å²) in [7, 11) is 1.65. The summed E-state index contributed by atoms with van der Waals surface area (Å²) in [5, 5.41) is 2.78. The molecule has 0 bridgehead atoms. The highest BCUT2D eigenvalue weighted by molar-refractivity contribution is 7.09. The van der Waals surface area contributed by atoms with Crippen molar-refractivity contribution in [2.24, 2.45) is 0 Å². The first kappa shape index (κ1) is 19.2. The van der Waals surface area contributed by atoms with Crippen LogP contribution in [-0.4, -0.2) is 45.1 Å². The Labute approximate surface area is 156 Å². The van der Waals surface area contributed by atoms with E-state index in [9.17, 15) is 22.8 Å². The molecule has 1 atom stereocenters. The summed E-state index contributed by atoms with van der Waals surface area (Å²) in [5.41, 5.74) is -0.279. The molecule has 6 nitrogen and oxygen atoms in total. The fourth-order valence-electron chi connectivity index (χ4n) is 2.90.